The Morgan fingerprint density at radius 1 is 1.10 bits per heavy atom. The molecule has 2 aromatic heterocycles. The average molecular weight is 438 g/mol. The maximum absolute atomic E-state index is 11.0. The molecule has 2 heterocycles. The smallest absolute Gasteiger partial charge is 0.232 e. The van der Waals surface area contributed by atoms with Crippen molar-refractivity contribution in [1.29, 1.82) is 0 Å². The van der Waals surface area contributed by atoms with E-state index in [1.54, 1.807) is 24.6 Å². The highest BCUT2D eigenvalue weighted by molar-refractivity contribution is 7.21. The van der Waals surface area contributed by atoms with Crippen molar-refractivity contribution in [2.24, 2.45) is 5.41 Å². The van der Waals surface area contributed by atoms with Gasteiger partial charge in [-0.2, -0.15) is 0 Å². The van der Waals surface area contributed by atoms with Crippen LogP contribution in [-0.2, 0) is 0 Å². The zero-order valence-electron chi connectivity index (χ0n) is 18.7. The molecule has 0 amide bonds. The second kappa shape index (κ2) is 8.05. The van der Waals surface area contributed by atoms with E-state index in [4.69, 9.17) is 14.5 Å². The molecule has 4 rings (SSSR count). The van der Waals surface area contributed by atoms with Crippen LogP contribution in [0.5, 0.6) is 11.6 Å². The fourth-order valence-electron chi connectivity index (χ4n) is 3.57. The third-order valence-electron chi connectivity index (χ3n) is 5.14. The van der Waals surface area contributed by atoms with Crippen LogP contribution in [0.2, 0.25) is 0 Å². The number of fused-ring (bicyclic) bond motifs is 2. The van der Waals surface area contributed by atoms with E-state index in [1.165, 1.54) is 0 Å². The molecule has 0 radical (unpaired) electrons. The summed E-state index contributed by atoms with van der Waals surface area (Å²) in [6.07, 6.45) is 0.971. The van der Waals surface area contributed by atoms with E-state index in [-0.39, 0.29) is 5.41 Å². The van der Waals surface area contributed by atoms with E-state index in [0.717, 1.165) is 42.9 Å². The molecule has 1 atom stereocenters. The van der Waals surface area contributed by atoms with Crippen molar-refractivity contribution < 1.29 is 14.6 Å². The lowest BCUT2D eigenvalue weighted by molar-refractivity contribution is 0.0636. The van der Waals surface area contributed by atoms with Crippen LogP contribution in [0.15, 0.2) is 30.5 Å². The van der Waals surface area contributed by atoms with Gasteiger partial charge in [-0.3, -0.25) is 0 Å². The van der Waals surface area contributed by atoms with Crippen molar-refractivity contribution in [1.82, 2.24) is 15.0 Å². The monoisotopic (exact) mass is 437 g/mol. The molecule has 0 spiro atoms. The number of aryl methyl sites for hydroxylation is 1. The Bertz CT molecular complexity index is 1260. The highest BCUT2D eigenvalue weighted by Crippen LogP contribution is 2.42. The number of aliphatic hydroxyl groups is 1. The van der Waals surface area contributed by atoms with Crippen molar-refractivity contribution in [3.05, 3.63) is 41.6 Å². The van der Waals surface area contributed by atoms with E-state index >= 15 is 0 Å². The number of nitrogens with zero attached hydrogens (tertiary/aromatic N) is 3. The SMILES string of the molecule is CCOc1cnc2c(-c3nc4c(C(O)C(C)(C)C)cc(OC)cc4s3)cc(C)cc2n1. The number of aliphatic hydroxyl groups excluding tert-OH is 1. The van der Waals surface area contributed by atoms with Crippen LogP contribution in [0.4, 0.5) is 0 Å². The summed E-state index contributed by atoms with van der Waals surface area (Å²) in [4.78, 5) is 14.2. The molecule has 0 aliphatic heterocycles. The van der Waals surface area contributed by atoms with Gasteiger partial charge in [0.1, 0.15) is 10.8 Å². The fraction of sp³-hybridized carbons (Fsp3) is 0.375. The van der Waals surface area contributed by atoms with Crippen LogP contribution < -0.4 is 9.47 Å². The van der Waals surface area contributed by atoms with Gasteiger partial charge in [0.15, 0.2) is 0 Å². The van der Waals surface area contributed by atoms with Gasteiger partial charge in [0, 0.05) is 11.1 Å². The molecule has 0 aliphatic rings. The number of aromatic nitrogens is 3. The van der Waals surface area contributed by atoms with Crippen molar-refractivity contribution in [3.63, 3.8) is 0 Å². The molecule has 0 fully saturated rings. The van der Waals surface area contributed by atoms with Gasteiger partial charge in [-0.05, 0) is 49.1 Å². The molecule has 0 saturated carbocycles. The molecule has 0 saturated heterocycles. The number of thiazole rings is 1. The van der Waals surface area contributed by atoms with E-state index in [0.29, 0.717) is 18.2 Å². The summed E-state index contributed by atoms with van der Waals surface area (Å²) < 4.78 is 12.0. The maximum Gasteiger partial charge on any atom is 0.232 e. The Hall–Kier alpha value is -2.77. The zero-order chi connectivity index (χ0) is 22.3. The number of benzene rings is 2. The lowest BCUT2D eigenvalue weighted by Crippen LogP contribution is -2.18. The molecule has 0 aliphatic carbocycles. The summed E-state index contributed by atoms with van der Waals surface area (Å²) in [5.74, 6) is 1.22. The number of methoxy groups -OCH3 is 1. The summed E-state index contributed by atoms with van der Waals surface area (Å²) in [6.45, 7) is 10.5. The lowest BCUT2D eigenvalue weighted by Gasteiger charge is -2.26. The van der Waals surface area contributed by atoms with Crippen LogP contribution in [0.3, 0.4) is 0 Å². The molecule has 1 unspecified atom stereocenters. The summed E-state index contributed by atoms with van der Waals surface area (Å²) in [7, 11) is 1.63. The van der Waals surface area contributed by atoms with Gasteiger partial charge < -0.3 is 14.6 Å². The first kappa shape index (κ1) is 21.5. The van der Waals surface area contributed by atoms with Crippen LogP contribution in [-0.4, -0.2) is 33.8 Å². The first-order valence-electron chi connectivity index (χ1n) is 10.3. The highest BCUT2D eigenvalue weighted by Gasteiger charge is 2.28. The average Bonchev–Trinajstić information content (AvgIpc) is 3.15. The second-order valence-electron chi connectivity index (χ2n) is 8.67. The predicted octanol–water partition coefficient (Wildman–Crippen LogP) is 5.70. The topological polar surface area (TPSA) is 77.4 Å². The Morgan fingerprint density at radius 2 is 1.87 bits per heavy atom. The van der Waals surface area contributed by atoms with Crippen molar-refractivity contribution in [2.75, 3.05) is 13.7 Å². The van der Waals surface area contributed by atoms with Crippen LogP contribution in [0, 0.1) is 12.3 Å². The van der Waals surface area contributed by atoms with Crippen LogP contribution in [0.1, 0.15) is 44.9 Å². The number of rotatable bonds is 5. The molecule has 7 heteroatoms. The van der Waals surface area contributed by atoms with E-state index in [1.807, 2.05) is 52.8 Å². The van der Waals surface area contributed by atoms with Crippen molar-refractivity contribution >= 4 is 32.6 Å². The minimum atomic E-state index is -0.678. The van der Waals surface area contributed by atoms with Crippen molar-refractivity contribution in [3.8, 4) is 22.2 Å². The van der Waals surface area contributed by atoms with Crippen LogP contribution >= 0.6 is 11.3 Å². The summed E-state index contributed by atoms with van der Waals surface area (Å²) in [5, 5.41) is 11.9. The Kier molecular flexibility index (Phi) is 5.58. The Labute approximate surface area is 185 Å². The third-order valence-corrected chi connectivity index (χ3v) is 6.18. The lowest BCUT2D eigenvalue weighted by atomic mass is 9.84. The Morgan fingerprint density at radius 3 is 2.55 bits per heavy atom. The molecule has 162 valence electrons. The number of ether oxygens (including phenoxy) is 2. The number of hydrogen-bond acceptors (Lipinski definition) is 7. The van der Waals surface area contributed by atoms with Crippen LogP contribution in [0.25, 0.3) is 31.8 Å². The molecular weight excluding hydrogens is 410 g/mol. The maximum atomic E-state index is 11.0. The quantitative estimate of drug-likeness (QED) is 0.431. The molecule has 31 heavy (non-hydrogen) atoms. The minimum absolute atomic E-state index is 0.333. The standard InChI is InChI=1S/C24H27N3O3S/c1-7-30-19-12-25-20-16(8-13(2)9-17(20)26-19)23-27-21-15(22(28)24(3,4)5)10-14(29-6)11-18(21)31-23/h8-12,22,28H,7H2,1-6H3. The van der Waals surface area contributed by atoms with Gasteiger partial charge in [-0.15, -0.1) is 11.3 Å². The first-order chi connectivity index (χ1) is 14.7. The molecule has 4 aromatic rings. The van der Waals surface area contributed by atoms with Crippen molar-refractivity contribution in [2.45, 2.75) is 40.7 Å². The van der Waals surface area contributed by atoms with Gasteiger partial charge in [0.25, 0.3) is 0 Å². The predicted molar refractivity (Wildman–Crippen MR) is 125 cm³/mol. The third kappa shape index (κ3) is 4.07. The molecule has 2 aromatic carbocycles. The molecule has 0 bridgehead atoms. The fourth-order valence-corrected chi connectivity index (χ4v) is 4.61. The van der Waals surface area contributed by atoms with Gasteiger partial charge in [-0.25, -0.2) is 15.0 Å². The van der Waals surface area contributed by atoms with Gasteiger partial charge >= 0.3 is 0 Å². The van der Waals surface area contributed by atoms with Gasteiger partial charge in [0.05, 0.1) is 47.3 Å². The summed E-state index contributed by atoms with van der Waals surface area (Å²) in [6, 6.07) is 7.92. The molecule has 1 N–H and O–H groups in total. The first-order valence-corrected chi connectivity index (χ1v) is 11.1. The highest BCUT2D eigenvalue weighted by atomic mass is 32.1. The van der Waals surface area contributed by atoms with E-state index < -0.39 is 6.10 Å². The van der Waals surface area contributed by atoms with E-state index in [2.05, 4.69) is 16.0 Å². The normalized spacial score (nSPS) is 13.0. The second-order valence-corrected chi connectivity index (χ2v) is 9.70. The number of hydrogen-bond donors (Lipinski definition) is 1. The van der Waals surface area contributed by atoms with E-state index in [9.17, 15) is 5.11 Å². The molecule has 6 nitrogen and oxygen atoms in total. The largest absolute Gasteiger partial charge is 0.497 e. The van der Waals surface area contributed by atoms with Gasteiger partial charge in [0.2, 0.25) is 5.88 Å². The van der Waals surface area contributed by atoms with Gasteiger partial charge in [-0.1, -0.05) is 20.8 Å². The summed E-state index contributed by atoms with van der Waals surface area (Å²) in [5.41, 5.74) is 4.76. The molecular formula is C24H27N3O3S. The Balaban J connectivity index is 1.94. The minimum Gasteiger partial charge on any atom is -0.497 e. The zero-order valence-corrected chi connectivity index (χ0v) is 19.5. The summed E-state index contributed by atoms with van der Waals surface area (Å²) >= 11 is 1.56.